The quantitative estimate of drug-likeness (QED) is 0.794. The van der Waals surface area contributed by atoms with Gasteiger partial charge in [0.15, 0.2) is 0 Å². The zero-order valence-corrected chi connectivity index (χ0v) is 15.8. The summed E-state index contributed by atoms with van der Waals surface area (Å²) in [6, 6.07) is 6.48. The van der Waals surface area contributed by atoms with E-state index in [4.69, 9.17) is 9.26 Å². The molecule has 1 saturated carbocycles. The minimum Gasteiger partial charge on any atom is -0.489 e. The maximum atomic E-state index is 12.8. The second-order valence-corrected chi connectivity index (χ2v) is 7.18. The van der Waals surface area contributed by atoms with Crippen LogP contribution in [0.2, 0.25) is 0 Å². The van der Waals surface area contributed by atoms with E-state index >= 15 is 0 Å². The summed E-state index contributed by atoms with van der Waals surface area (Å²) in [6.07, 6.45) is -3.39. The Kier molecular flexibility index (Phi) is 5.96. The summed E-state index contributed by atoms with van der Waals surface area (Å²) in [5.74, 6) is -0.366. The zero-order valence-electron chi connectivity index (χ0n) is 15.8. The Labute approximate surface area is 161 Å². The van der Waals surface area contributed by atoms with Gasteiger partial charge in [-0.3, -0.25) is 4.79 Å². The molecule has 3 rings (SSSR count). The van der Waals surface area contributed by atoms with Crippen LogP contribution in [0, 0.1) is 19.8 Å². The first-order chi connectivity index (χ1) is 13.2. The summed E-state index contributed by atoms with van der Waals surface area (Å²) in [5.41, 5.74) is 2.02. The molecule has 0 atom stereocenters. The van der Waals surface area contributed by atoms with Gasteiger partial charge in [-0.15, -0.1) is 0 Å². The molecule has 1 aromatic carbocycles. The Morgan fingerprint density at radius 1 is 1.25 bits per heavy atom. The molecule has 1 aromatic heterocycles. The summed E-state index contributed by atoms with van der Waals surface area (Å²) in [7, 11) is 0. The Morgan fingerprint density at radius 2 is 1.96 bits per heavy atom. The van der Waals surface area contributed by atoms with Crippen LogP contribution < -0.4 is 10.1 Å². The predicted molar refractivity (Wildman–Crippen MR) is 96.0 cm³/mol. The fraction of sp³-hybridized carbons (Fsp3) is 0.500. The highest BCUT2D eigenvalue weighted by molar-refractivity contribution is 5.94. The smallest absolute Gasteiger partial charge is 0.391 e. The summed E-state index contributed by atoms with van der Waals surface area (Å²) >= 11 is 0. The van der Waals surface area contributed by atoms with Gasteiger partial charge >= 0.3 is 6.18 Å². The van der Waals surface area contributed by atoms with E-state index in [0.29, 0.717) is 29.9 Å². The van der Waals surface area contributed by atoms with E-state index in [-0.39, 0.29) is 31.4 Å². The maximum Gasteiger partial charge on any atom is 0.391 e. The van der Waals surface area contributed by atoms with E-state index in [1.807, 2.05) is 6.92 Å². The molecule has 152 valence electrons. The van der Waals surface area contributed by atoms with Gasteiger partial charge in [-0.05, 0) is 57.7 Å². The molecule has 1 amide bonds. The molecule has 8 heteroatoms. The van der Waals surface area contributed by atoms with Gasteiger partial charge in [0.1, 0.15) is 18.1 Å². The number of rotatable bonds is 5. The van der Waals surface area contributed by atoms with Gasteiger partial charge < -0.3 is 14.6 Å². The lowest BCUT2D eigenvalue weighted by Crippen LogP contribution is -2.40. The number of aryl methyl sites for hydroxylation is 2. The van der Waals surface area contributed by atoms with Crippen LogP contribution in [0.1, 0.15) is 53.1 Å². The van der Waals surface area contributed by atoms with Crippen molar-refractivity contribution in [1.82, 2.24) is 10.5 Å². The molecule has 1 aliphatic carbocycles. The fourth-order valence-corrected chi connectivity index (χ4v) is 3.42. The van der Waals surface area contributed by atoms with Crippen molar-refractivity contribution < 1.29 is 27.2 Å². The molecule has 0 bridgehead atoms. The number of ether oxygens (including phenoxy) is 1. The Balaban J connectivity index is 1.56. The van der Waals surface area contributed by atoms with Crippen LogP contribution in [0.4, 0.5) is 13.2 Å². The average Bonchev–Trinajstić information content (AvgIpc) is 2.98. The summed E-state index contributed by atoms with van der Waals surface area (Å²) in [4.78, 5) is 12.5. The van der Waals surface area contributed by atoms with E-state index in [0.717, 1.165) is 11.3 Å². The van der Waals surface area contributed by atoms with Crippen molar-refractivity contribution in [3.05, 3.63) is 46.8 Å². The standard InChI is InChI=1S/C20H23F3N2O3/c1-12-18(13(2)28-25-12)11-27-17-5-3-4-14(10-17)19(26)24-16-8-6-15(7-9-16)20(21,22)23/h3-5,10,15-16H,6-9,11H2,1-2H3,(H,24,26). The largest absolute Gasteiger partial charge is 0.489 e. The van der Waals surface area contributed by atoms with Crippen LogP contribution in [-0.4, -0.2) is 23.3 Å². The predicted octanol–water partition coefficient (Wildman–Crippen LogP) is 4.72. The molecule has 0 spiro atoms. The van der Waals surface area contributed by atoms with Crippen molar-refractivity contribution in [2.75, 3.05) is 0 Å². The molecule has 0 saturated heterocycles. The van der Waals surface area contributed by atoms with E-state index in [1.165, 1.54) is 0 Å². The first-order valence-electron chi connectivity index (χ1n) is 9.26. The van der Waals surface area contributed by atoms with Crippen molar-refractivity contribution in [2.45, 2.75) is 58.4 Å². The number of carbonyl (C=O) groups excluding carboxylic acids is 1. The molecule has 5 nitrogen and oxygen atoms in total. The average molecular weight is 396 g/mol. The number of nitrogens with zero attached hydrogens (tertiary/aromatic N) is 1. The van der Waals surface area contributed by atoms with E-state index in [2.05, 4.69) is 10.5 Å². The van der Waals surface area contributed by atoms with Crippen molar-refractivity contribution in [1.29, 1.82) is 0 Å². The molecule has 28 heavy (non-hydrogen) atoms. The second kappa shape index (κ2) is 8.24. The number of halogens is 3. The molecular weight excluding hydrogens is 373 g/mol. The normalized spacial score (nSPS) is 20.0. The lowest BCUT2D eigenvalue weighted by molar-refractivity contribution is -0.182. The van der Waals surface area contributed by atoms with Crippen LogP contribution in [0.25, 0.3) is 0 Å². The minimum absolute atomic E-state index is 0.0506. The summed E-state index contributed by atoms with van der Waals surface area (Å²) in [6.45, 7) is 3.90. The highest BCUT2D eigenvalue weighted by Crippen LogP contribution is 2.37. The van der Waals surface area contributed by atoms with E-state index in [1.54, 1.807) is 31.2 Å². The van der Waals surface area contributed by atoms with E-state index < -0.39 is 12.1 Å². The number of hydrogen-bond acceptors (Lipinski definition) is 4. The molecule has 1 N–H and O–H groups in total. The Hall–Kier alpha value is -2.51. The van der Waals surface area contributed by atoms with Gasteiger partial charge in [0.2, 0.25) is 0 Å². The van der Waals surface area contributed by atoms with Crippen LogP contribution >= 0.6 is 0 Å². The van der Waals surface area contributed by atoms with Gasteiger partial charge in [-0.2, -0.15) is 13.2 Å². The third-order valence-corrected chi connectivity index (χ3v) is 5.19. The summed E-state index contributed by atoms with van der Waals surface area (Å²) in [5, 5.41) is 6.71. The van der Waals surface area contributed by atoms with Crippen LogP contribution in [0.15, 0.2) is 28.8 Å². The lowest BCUT2D eigenvalue weighted by Gasteiger charge is -2.30. The molecule has 1 aliphatic rings. The van der Waals surface area contributed by atoms with Gasteiger partial charge in [-0.25, -0.2) is 0 Å². The lowest BCUT2D eigenvalue weighted by atomic mass is 9.85. The maximum absolute atomic E-state index is 12.8. The van der Waals surface area contributed by atoms with Crippen LogP contribution in [0.5, 0.6) is 5.75 Å². The number of aromatic nitrogens is 1. The van der Waals surface area contributed by atoms with Crippen molar-refractivity contribution in [3.63, 3.8) is 0 Å². The summed E-state index contributed by atoms with van der Waals surface area (Å²) < 4.78 is 49.1. The first-order valence-corrected chi connectivity index (χ1v) is 9.26. The van der Waals surface area contributed by atoms with Crippen molar-refractivity contribution >= 4 is 5.91 Å². The van der Waals surface area contributed by atoms with Gasteiger partial charge in [-0.1, -0.05) is 11.2 Å². The molecular formula is C20H23F3N2O3. The van der Waals surface area contributed by atoms with Crippen LogP contribution in [0.3, 0.4) is 0 Å². The third-order valence-electron chi connectivity index (χ3n) is 5.19. The molecule has 0 aliphatic heterocycles. The van der Waals surface area contributed by atoms with Crippen LogP contribution in [-0.2, 0) is 6.61 Å². The number of carbonyl (C=O) groups is 1. The van der Waals surface area contributed by atoms with Gasteiger partial charge in [0.05, 0.1) is 17.2 Å². The molecule has 2 aromatic rings. The zero-order chi connectivity index (χ0) is 20.3. The highest BCUT2D eigenvalue weighted by atomic mass is 19.4. The number of alkyl halides is 3. The topological polar surface area (TPSA) is 64.4 Å². The van der Waals surface area contributed by atoms with Crippen molar-refractivity contribution in [2.24, 2.45) is 5.92 Å². The Bertz CT molecular complexity index is 805. The molecule has 0 radical (unpaired) electrons. The fourth-order valence-electron chi connectivity index (χ4n) is 3.42. The molecule has 1 heterocycles. The number of nitrogens with one attached hydrogen (secondary N) is 1. The number of hydrogen-bond donors (Lipinski definition) is 1. The third kappa shape index (κ3) is 4.85. The van der Waals surface area contributed by atoms with E-state index in [9.17, 15) is 18.0 Å². The first kappa shape index (κ1) is 20.2. The minimum atomic E-state index is -4.15. The van der Waals surface area contributed by atoms with Gasteiger partial charge in [0, 0.05) is 11.6 Å². The SMILES string of the molecule is Cc1noc(C)c1COc1cccc(C(=O)NC2CCC(C(F)(F)F)CC2)c1. The van der Waals surface area contributed by atoms with Gasteiger partial charge in [0.25, 0.3) is 5.91 Å². The Morgan fingerprint density at radius 3 is 2.57 bits per heavy atom. The van der Waals surface area contributed by atoms with Crippen molar-refractivity contribution in [3.8, 4) is 5.75 Å². The second-order valence-electron chi connectivity index (χ2n) is 7.18. The number of amides is 1. The molecule has 1 fully saturated rings. The highest BCUT2D eigenvalue weighted by Gasteiger charge is 2.41. The molecule has 0 unspecified atom stereocenters. The monoisotopic (exact) mass is 396 g/mol. The number of benzene rings is 1.